The number of anilines is 1. The zero-order valence-corrected chi connectivity index (χ0v) is 17.4. The number of urea groups is 1. The third kappa shape index (κ3) is 4.43. The molecule has 2 aromatic rings. The fourth-order valence-electron chi connectivity index (χ4n) is 3.69. The molecular weight excluding hydrogens is 409 g/mol. The van der Waals surface area contributed by atoms with E-state index in [0.717, 1.165) is 18.4 Å². The van der Waals surface area contributed by atoms with Crippen molar-refractivity contribution >= 4 is 29.4 Å². The minimum Gasteiger partial charge on any atom is -0.309 e. The minimum atomic E-state index is -1.25. The second kappa shape index (κ2) is 8.63. The Balaban J connectivity index is 1.49. The lowest BCUT2D eigenvalue weighted by Crippen LogP contribution is -2.43. The maximum Gasteiger partial charge on any atom is 0.327 e. The van der Waals surface area contributed by atoms with Crippen molar-refractivity contribution in [1.82, 2.24) is 19.9 Å². The average Bonchev–Trinajstić information content (AvgIpc) is 3.53. The number of amides is 2. The van der Waals surface area contributed by atoms with Crippen LogP contribution in [0.4, 0.5) is 15.1 Å². The van der Waals surface area contributed by atoms with Crippen LogP contribution in [0.25, 0.3) is 0 Å². The van der Waals surface area contributed by atoms with E-state index in [1.165, 1.54) is 16.0 Å². The van der Waals surface area contributed by atoms with Gasteiger partial charge in [-0.05, 0) is 42.9 Å². The highest BCUT2D eigenvalue weighted by molar-refractivity contribution is 6.30. The van der Waals surface area contributed by atoms with Crippen molar-refractivity contribution in [2.24, 2.45) is 0 Å². The lowest BCUT2D eigenvalue weighted by Gasteiger charge is -2.24. The molecule has 2 atom stereocenters. The van der Waals surface area contributed by atoms with Gasteiger partial charge < -0.3 is 4.90 Å². The normalized spacial score (nSPS) is 20.0. The molecule has 2 aromatic heterocycles. The highest BCUT2D eigenvalue weighted by Gasteiger charge is 2.43. The molecule has 2 aliphatic rings. The number of halogens is 2. The average molecular weight is 432 g/mol. The van der Waals surface area contributed by atoms with Crippen molar-refractivity contribution in [3.63, 3.8) is 0 Å². The largest absolute Gasteiger partial charge is 0.327 e. The van der Waals surface area contributed by atoms with Crippen LogP contribution in [-0.4, -0.2) is 57.0 Å². The van der Waals surface area contributed by atoms with Crippen molar-refractivity contribution in [2.75, 3.05) is 18.0 Å². The number of rotatable bonds is 8. The summed E-state index contributed by atoms with van der Waals surface area (Å²) in [4.78, 5) is 41.0. The zero-order chi connectivity index (χ0) is 21.3. The first kappa shape index (κ1) is 20.7. The summed E-state index contributed by atoms with van der Waals surface area (Å²) in [7, 11) is 0. The van der Waals surface area contributed by atoms with Gasteiger partial charge in [-0.25, -0.2) is 19.2 Å². The van der Waals surface area contributed by atoms with E-state index >= 15 is 0 Å². The van der Waals surface area contributed by atoms with Gasteiger partial charge >= 0.3 is 6.03 Å². The number of carbonyl (C=O) groups is 2. The molecule has 2 amide bonds. The number of aromatic nitrogens is 3. The van der Waals surface area contributed by atoms with Gasteiger partial charge in [0, 0.05) is 29.3 Å². The predicted octanol–water partition coefficient (Wildman–Crippen LogP) is 3.57. The number of hydrogen-bond donors (Lipinski definition) is 0. The highest BCUT2D eigenvalue weighted by atomic mass is 35.5. The van der Waals surface area contributed by atoms with Gasteiger partial charge in [0.05, 0.1) is 25.6 Å². The van der Waals surface area contributed by atoms with E-state index < -0.39 is 18.2 Å². The summed E-state index contributed by atoms with van der Waals surface area (Å²) in [5.74, 6) is 0.507. The van der Waals surface area contributed by atoms with Gasteiger partial charge in [0.25, 0.3) is 0 Å². The number of nitrogens with zero attached hydrogens (tertiary/aromatic N) is 5. The molecule has 0 unspecified atom stereocenters. The fourth-order valence-corrected chi connectivity index (χ4v) is 3.87. The van der Waals surface area contributed by atoms with Crippen LogP contribution in [0.2, 0.25) is 5.02 Å². The molecule has 0 spiro atoms. The molecule has 158 valence electrons. The monoisotopic (exact) mass is 431 g/mol. The SMILES string of the molecule is CC[C@H](F)[C@H]1CN(c2ncc(C3CC3)cn2)C(=O)N1CC(=O)Cc1cc(Cl)ccn1. The quantitative estimate of drug-likeness (QED) is 0.638. The fraction of sp³-hybridized carbons (Fsp3) is 0.476. The van der Waals surface area contributed by atoms with E-state index in [0.29, 0.717) is 16.6 Å². The molecule has 3 heterocycles. The van der Waals surface area contributed by atoms with Crippen LogP contribution in [0.15, 0.2) is 30.7 Å². The topological polar surface area (TPSA) is 79.3 Å². The number of pyridine rings is 1. The molecule has 0 bridgehead atoms. The van der Waals surface area contributed by atoms with E-state index in [2.05, 4.69) is 15.0 Å². The van der Waals surface area contributed by atoms with E-state index in [1.54, 1.807) is 31.5 Å². The van der Waals surface area contributed by atoms with Crippen molar-refractivity contribution in [2.45, 2.75) is 50.7 Å². The molecule has 2 fully saturated rings. The molecule has 9 heteroatoms. The van der Waals surface area contributed by atoms with Gasteiger partial charge in [0.2, 0.25) is 5.95 Å². The summed E-state index contributed by atoms with van der Waals surface area (Å²) in [6, 6.07) is 2.04. The number of alkyl halides is 1. The lowest BCUT2D eigenvalue weighted by atomic mass is 10.1. The lowest BCUT2D eigenvalue weighted by molar-refractivity contribution is -0.119. The van der Waals surface area contributed by atoms with Gasteiger partial charge in [-0.2, -0.15) is 0 Å². The van der Waals surface area contributed by atoms with Crippen molar-refractivity contribution in [3.05, 3.63) is 47.0 Å². The third-order valence-electron chi connectivity index (χ3n) is 5.51. The highest BCUT2D eigenvalue weighted by Crippen LogP contribution is 2.39. The Morgan fingerprint density at radius 3 is 2.67 bits per heavy atom. The molecule has 0 radical (unpaired) electrons. The van der Waals surface area contributed by atoms with Gasteiger partial charge in [-0.1, -0.05) is 18.5 Å². The summed E-state index contributed by atoms with van der Waals surface area (Å²) in [5, 5.41) is 0.482. The molecule has 7 nitrogen and oxygen atoms in total. The third-order valence-corrected chi connectivity index (χ3v) is 5.74. The Morgan fingerprint density at radius 1 is 1.30 bits per heavy atom. The zero-order valence-electron chi connectivity index (χ0n) is 16.7. The Morgan fingerprint density at radius 2 is 2.03 bits per heavy atom. The molecule has 4 rings (SSSR count). The number of hydrogen-bond acceptors (Lipinski definition) is 5. The second-order valence-corrected chi connectivity index (χ2v) is 8.22. The van der Waals surface area contributed by atoms with Crippen LogP contribution in [-0.2, 0) is 11.2 Å². The van der Waals surface area contributed by atoms with Crippen LogP contribution in [0.5, 0.6) is 0 Å². The summed E-state index contributed by atoms with van der Waals surface area (Å²) in [6.45, 7) is 1.63. The maximum absolute atomic E-state index is 14.7. The molecule has 0 N–H and O–H groups in total. The molecule has 1 saturated heterocycles. The molecule has 30 heavy (non-hydrogen) atoms. The van der Waals surface area contributed by atoms with Gasteiger partial charge in [0.1, 0.15) is 6.17 Å². The summed E-state index contributed by atoms with van der Waals surface area (Å²) >= 11 is 5.94. The molecule has 1 aliphatic heterocycles. The van der Waals surface area contributed by atoms with Crippen molar-refractivity contribution in [1.29, 1.82) is 0 Å². The van der Waals surface area contributed by atoms with Gasteiger partial charge in [0.15, 0.2) is 5.78 Å². The molecule has 1 aliphatic carbocycles. The summed E-state index contributed by atoms with van der Waals surface area (Å²) < 4.78 is 14.7. The van der Waals surface area contributed by atoms with E-state index in [9.17, 15) is 14.0 Å². The smallest absolute Gasteiger partial charge is 0.309 e. The predicted molar refractivity (Wildman–Crippen MR) is 110 cm³/mol. The first-order valence-electron chi connectivity index (χ1n) is 10.1. The van der Waals surface area contributed by atoms with Gasteiger partial charge in [-0.15, -0.1) is 0 Å². The second-order valence-electron chi connectivity index (χ2n) is 7.78. The molecular formula is C21H23ClFN5O2. The van der Waals surface area contributed by atoms with Crippen LogP contribution < -0.4 is 4.90 Å². The number of carbonyl (C=O) groups excluding carboxylic acids is 2. The summed E-state index contributed by atoms with van der Waals surface area (Å²) in [5.41, 5.74) is 1.57. The standard InChI is InChI=1S/C21H23ClFN5O2/c1-2-18(23)19-12-28(20-25-9-14(10-26-20)13-3-4-13)21(30)27(19)11-17(29)8-16-7-15(22)5-6-24-16/h5-7,9-10,13,18-19H,2-4,8,11-12H2,1H3/t18-,19+/m0/s1. The van der Waals surface area contributed by atoms with Crippen LogP contribution in [0, 0.1) is 0 Å². The Labute approximate surface area is 179 Å². The molecule has 1 saturated carbocycles. The van der Waals surface area contributed by atoms with Crippen LogP contribution in [0.3, 0.4) is 0 Å². The summed E-state index contributed by atoms with van der Waals surface area (Å²) in [6.07, 6.45) is 6.26. The first-order valence-corrected chi connectivity index (χ1v) is 10.5. The van der Waals surface area contributed by atoms with Gasteiger partial charge in [-0.3, -0.25) is 14.7 Å². The Hall–Kier alpha value is -2.61. The minimum absolute atomic E-state index is 0.0206. The maximum atomic E-state index is 14.7. The Bertz CT molecular complexity index is 937. The Kier molecular flexibility index (Phi) is 5.94. The van der Waals surface area contributed by atoms with Crippen LogP contribution in [0.1, 0.15) is 43.4 Å². The van der Waals surface area contributed by atoms with Crippen molar-refractivity contribution in [3.8, 4) is 0 Å². The van der Waals surface area contributed by atoms with Crippen LogP contribution >= 0.6 is 11.6 Å². The van der Waals surface area contributed by atoms with E-state index in [1.807, 2.05) is 0 Å². The van der Waals surface area contributed by atoms with E-state index in [-0.39, 0.29) is 37.7 Å². The van der Waals surface area contributed by atoms with E-state index in [4.69, 9.17) is 11.6 Å². The number of Topliss-reactive ketones (excluding diaryl/α,β-unsaturated/α-hetero) is 1. The number of ketones is 1. The first-order chi connectivity index (χ1) is 14.5. The van der Waals surface area contributed by atoms with Crippen molar-refractivity contribution < 1.29 is 14.0 Å². The molecule has 0 aromatic carbocycles.